The highest BCUT2D eigenvalue weighted by molar-refractivity contribution is 6.32. The number of rotatable bonds is 2. The van der Waals surface area contributed by atoms with Crippen LogP contribution in [0.15, 0.2) is 30.5 Å². The van der Waals surface area contributed by atoms with Crippen molar-refractivity contribution in [2.45, 2.75) is 0 Å². The van der Waals surface area contributed by atoms with Gasteiger partial charge in [0.2, 0.25) is 0 Å². The molecule has 0 aliphatic carbocycles. The van der Waals surface area contributed by atoms with Gasteiger partial charge >= 0.3 is 0 Å². The maximum Gasteiger partial charge on any atom is 0.171 e. The third kappa shape index (κ3) is 1.52. The van der Waals surface area contributed by atoms with E-state index >= 15 is 0 Å². The molecule has 1 aromatic carbocycles. The van der Waals surface area contributed by atoms with E-state index < -0.39 is 0 Å². The van der Waals surface area contributed by atoms with Gasteiger partial charge in [-0.25, -0.2) is 4.68 Å². The molecule has 2 aromatic rings. The van der Waals surface area contributed by atoms with Crippen molar-refractivity contribution < 1.29 is 4.79 Å². The van der Waals surface area contributed by atoms with Crippen LogP contribution in [-0.2, 0) is 0 Å². The molecule has 0 aliphatic rings. The van der Waals surface area contributed by atoms with Crippen molar-refractivity contribution in [1.82, 2.24) is 15.0 Å². The highest BCUT2D eigenvalue weighted by Gasteiger charge is 2.04. The molecule has 0 unspecified atom stereocenters. The SMILES string of the molecule is O=Cc1cn(-c2ccccc2Cl)nn1. The summed E-state index contributed by atoms with van der Waals surface area (Å²) in [7, 11) is 0. The van der Waals surface area contributed by atoms with Crippen molar-refractivity contribution in [2.24, 2.45) is 0 Å². The maximum atomic E-state index is 10.4. The first-order valence-corrected chi connectivity index (χ1v) is 4.31. The summed E-state index contributed by atoms with van der Waals surface area (Å²) < 4.78 is 1.46. The molecule has 0 amide bonds. The van der Waals surface area contributed by atoms with Crippen molar-refractivity contribution in [2.75, 3.05) is 0 Å². The Labute approximate surface area is 85.1 Å². The van der Waals surface area contributed by atoms with Gasteiger partial charge < -0.3 is 0 Å². The molecular weight excluding hydrogens is 202 g/mol. The van der Waals surface area contributed by atoms with Gasteiger partial charge in [-0.05, 0) is 12.1 Å². The van der Waals surface area contributed by atoms with Gasteiger partial charge in [0.25, 0.3) is 0 Å². The first-order valence-electron chi connectivity index (χ1n) is 3.93. The second-order valence-corrected chi connectivity index (χ2v) is 3.06. The number of hydrogen-bond donors (Lipinski definition) is 0. The zero-order valence-electron chi connectivity index (χ0n) is 7.09. The molecule has 0 radical (unpaired) electrons. The molecule has 0 atom stereocenters. The van der Waals surface area contributed by atoms with E-state index in [9.17, 15) is 4.79 Å². The van der Waals surface area contributed by atoms with Gasteiger partial charge in [0.1, 0.15) is 5.69 Å². The van der Waals surface area contributed by atoms with Gasteiger partial charge in [-0.1, -0.05) is 28.9 Å². The predicted octanol–water partition coefficient (Wildman–Crippen LogP) is 1.73. The zero-order chi connectivity index (χ0) is 9.97. The molecule has 4 nitrogen and oxygen atoms in total. The van der Waals surface area contributed by atoms with Crippen LogP contribution in [0.2, 0.25) is 5.02 Å². The van der Waals surface area contributed by atoms with Crippen LogP contribution < -0.4 is 0 Å². The number of para-hydroxylation sites is 1. The lowest BCUT2D eigenvalue weighted by Gasteiger charge is -2.00. The molecular formula is C9H6ClN3O. The standard InChI is InChI=1S/C9H6ClN3O/c10-8-3-1-2-4-9(8)13-5-7(6-14)11-12-13/h1-6H. The van der Waals surface area contributed by atoms with Crippen LogP contribution >= 0.6 is 11.6 Å². The van der Waals surface area contributed by atoms with Crippen molar-refractivity contribution in [3.63, 3.8) is 0 Å². The molecule has 0 spiro atoms. The molecule has 0 fully saturated rings. The summed E-state index contributed by atoms with van der Waals surface area (Å²) in [5.74, 6) is 0. The fraction of sp³-hybridized carbons (Fsp3) is 0. The van der Waals surface area contributed by atoms with Crippen LogP contribution in [-0.4, -0.2) is 21.3 Å². The topological polar surface area (TPSA) is 47.8 Å². The molecule has 14 heavy (non-hydrogen) atoms. The largest absolute Gasteiger partial charge is 0.296 e. The monoisotopic (exact) mass is 207 g/mol. The summed E-state index contributed by atoms with van der Waals surface area (Å²) in [6.45, 7) is 0. The molecule has 0 saturated carbocycles. The molecule has 0 N–H and O–H groups in total. The lowest BCUT2D eigenvalue weighted by Crippen LogP contribution is -1.95. The van der Waals surface area contributed by atoms with Crippen molar-refractivity contribution in [3.8, 4) is 5.69 Å². The third-order valence-corrected chi connectivity index (χ3v) is 2.05. The van der Waals surface area contributed by atoms with Crippen LogP contribution in [0.5, 0.6) is 0 Å². The number of carbonyl (C=O) groups excluding carboxylic acids is 1. The predicted molar refractivity (Wildman–Crippen MR) is 51.8 cm³/mol. The second-order valence-electron chi connectivity index (χ2n) is 2.66. The van der Waals surface area contributed by atoms with Gasteiger partial charge in [0, 0.05) is 0 Å². The van der Waals surface area contributed by atoms with E-state index in [1.54, 1.807) is 12.1 Å². The minimum absolute atomic E-state index is 0.282. The van der Waals surface area contributed by atoms with Crippen LogP contribution in [0.25, 0.3) is 5.69 Å². The molecule has 0 aliphatic heterocycles. The molecule has 0 saturated heterocycles. The van der Waals surface area contributed by atoms with Crippen molar-refractivity contribution >= 4 is 17.9 Å². The third-order valence-electron chi connectivity index (χ3n) is 1.73. The Morgan fingerprint density at radius 2 is 2.14 bits per heavy atom. The minimum atomic E-state index is 0.282. The number of hydrogen-bond acceptors (Lipinski definition) is 3. The fourth-order valence-electron chi connectivity index (χ4n) is 1.09. The summed E-state index contributed by atoms with van der Waals surface area (Å²) in [5.41, 5.74) is 0.986. The van der Waals surface area contributed by atoms with Gasteiger partial charge in [-0.3, -0.25) is 4.79 Å². The van der Waals surface area contributed by atoms with Crippen molar-refractivity contribution in [1.29, 1.82) is 0 Å². The highest BCUT2D eigenvalue weighted by atomic mass is 35.5. The Bertz CT molecular complexity index is 467. The molecule has 5 heteroatoms. The summed E-state index contributed by atoms with van der Waals surface area (Å²) >= 11 is 5.93. The van der Waals surface area contributed by atoms with E-state index in [4.69, 9.17) is 11.6 Å². The van der Waals surface area contributed by atoms with Crippen LogP contribution in [0.1, 0.15) is 10.5 Å². The highest BCUT2D eigenvalue weighted by Crippen LogP contribution is 2.18. The van der Waals surface area contributed by atoms with Gasteiger partial charge in [-0.15, -0.1) is 5.10 Å². The minimum Gasteiger partial charge on any atom is -0.296 e. The summed E-state index contributed by atoms with van der Waals surface area (Å²) in [4.78, 5) is 10.4. The number of halogens is 1. The Morgan fingerprint density at radius 3 is 2.79 bits per heavy atom. The number of carbonyl (C=O) groups is 1. The number of benzene rings is 1. The molecule has 1 aromatic heterocycles. The van der Waals surface area contributed by atoms with Crippen LogP contribution in [0.4, 0.5) is 0 Å². The van der Waals surface area contributed by atoms with Gasteiger partial charge in [0.15, 0.2) is 6.29 Å². The fourth-order valence-corrected chi connectivity index (χ4v) is 1.31. The van der Waals surface area contributed by atoms with E-state index in [-0.39, 0.29) is 5.69 Å². The number of nitrogens with zero attached hydrogens (tertiary/aromatic N) is 3. The lowest BCUT2D eigenvalue weighted by molar-refractivity contribution is 0.111. The maximum absolute atomic E-state index is 10.4. The van der Waals surface area contributed by atoms with E-state index in [1.165, 1.54) is 10.9 Å². The molecule has 0 bridgehead atoms. The first kappa shape index (κ1) is 8.90. The molecule has 2 rings (SSSR count). The Balaban J connectivity index is 2.49. The quantitative estimate of drug-likeness (QED) is 0.705. The van der Waals surface area contributed by atoms with Gasteiger partial charge in [-0.2, -0.15) is 0 Å². The van der Waals surface area contributed by atoms with Crippen LogP contribution in [0.3, 0.4) is 0 Å². The molecule has 1 heterocycles. The normalized spacial score (nSPS) is 10.1. The van der Waals surface area contributed by atoms with E-state index in [0.29, 0.717) is 17.0 Å². The van der Waals surface area contributed by atoms with Gasteiger partial charge in [0.05, 0.1) is 16.9 Å². The lowest BCUT2D eigenvalue weighted by atomic mass is 10.3. The van der Waals surface area contributed by atoms with E-state index in [2.05, 4.69) is 10.3 Å². The number of aldehydes is 1. The van der Waals surface area contributed by atoms with Crippen LogP contribution in [0, 0.1) is 0 Å². The Morgan fingerprint density at radius 1 is 1.36 bits per heavy atom. The van der Waals surface area contributed by atoms with Crippen molar-refractivity contribution in [3.05, 3.63) is 41.2 Å². The number of aromatic nitrogens is 3. The molecule has 70 valence electrons. The van der Waals surface area contributed by atoms with E-state index in [0.717, 1.165) is 0 Å². The average Bonchev–Trinajstić information content (AvgIpc) is 2.67. The smallest absolute Gasteiger partial charge is 0.171 e. The van der Waals surface area contributed by atoms with E-state index in [1.807, 2.05) is 12.1 Å². The first-order chi connectivity index (χ1) is 6.81. The zero-order valence-corrected chi connectivity index (χ0v) is 7.85. The summed E-state index contributed by atoms with van der Waals surface area (Å²) in [6.07, 6.45) is 2.16. The Kier molecular flexibility index (Phi) is 2.28. The summed E-state index contributed by atoms with van der Waals surface area (Å²) in [6, 6.07) is 7.21. The second kappa shape index (κ2) is 3.59. The Hall–Kier alpha value is -1.68. The average molecular weight is 208 g/mol. The summed E-state index contributed by atoms with van der Waals surface area (Å²) in [5, 5.41) is 7.97.